The molecule has 6 nitrogen and oxygen atoms in total. The van der Waals surface area contributed by atoms with Crippen LogP contribution in [0.4, 0.5) is 21.8 Å². The summed E-state index contributed by atoms with van der Waals surface area (Å²) in [5.74, 6) is 0.958. The summed E-state index contributed by atoms with van der Waals surface area (Å²) in [6.07, 6.45) is 3.14. The third kappa shape index (κ3) is 5.34. The Morgan fingerprint density at radius 1 is 1.12 bits per heavy atom. The van der Waals surface area contributed by atoms with Crippen LogP contribution < -0.4 is 15.5 Å². The van der Waals surface area contributed by atoms with Crippen molar-refractivity contribution in [2.45, 2.75) is 25.8 Å². The Kier molecular flexibility index (Phi) is 6.85. The highest BCUT2D eigenvalue weighted by molar-refractivity contribution is 6.33. The molecule has 1 aliphatic heterocycles. The number of hydrogen-bond donors (Lipinski definition) is 2. The van der Waals surface area contributed by atoms with E-state index in [1.54, 1.807) is 24.4 Å². The fourth-order valence-corrected chi connectivity index (χ4v) is 3.96. The van der Waals surface area contributed by atoms with Gasteiger partial charge in [0.15, 0.2) is 0 Å². The van der Waals surface area contributed by atoms with Crippen LogP contribution in [0.2, 0.25) is 5.02 Å². The number of hydrogen-bond acceptors (Lipinski definition) is 5. The van der Waals surface area contributed by atoms with E-state index >= 15 is 0 Å². The number of piperidine rings is 1. The van der Waals surface area contributed by atoms with Gasteiger partial charge in [-0.25, -0.2) is 9.37 Å². The SMILES string of the molecule is CC(NC(=O)C1CCN(c2nccc(Nc3ccccc3Cl)n2)CC1)c1ccc(F)cc1. The van der Waals surface area contributed by atoms with Crippen molar-refractivity contribution >= 4 is 35.0 Å². The third-order valence-electron chi connectivity index (χ3n) is 5.66. The zero-order valence-corrected chi connectivity index (χ0v) is 18.5. The van der Waals surface area contributed by atoms with Crippen molar-refractivity contribution < 1.29 is 9.18 Å². The number of benzene rings is 2. The molecule has 2 aromatic carbocycles. The number of nitrogens with one attached hydrogen (secondary N) is 2. The average molecular weight is 454 g/mol. The lowest BCUT2D eigenvalue weighted by molar-refractivity contribution is -0.126. The molecule has 0 spiro atoms. The van der Waals surface area contributed by atoms with Gasteiger partial charge in [-0.15, -0.1) is 0 Å². The van der Waals surface area contributed by atoms with Crippen LogP contribution in [-0.4, -0.2) is 29.0 Å². The Hall–Kier alpha value is -3.19. The maximum Gasteiger partial charge on any atom is 0.227 e. The highest BCUT2D eigenvalue weighted by Gasteiger charge is 2.27. The van der Waals surface area contributed by atoms with Crippen LogP contribution in [0.25, 0.3) is 0 Å². The molecule has 1 fully saturated rings. The first kappa shape index (κ1) is 22.0. The second-order valence-electron chi connectivity index (χ2n) is 7.89. The Morgan fingerprint density at radius 3 is 2.56 bits per heavy atom. The second kappa shape index (κ2) is 9.96. The van der Waals surface area contributed by atoms with Crippen molar-refractivity contribution in [2.24, 2.45) is 5.92 Å². The predicted octanol–water partition coefficient (Wildman–Crippen LogP) is 5.11. The summed E-state index contributed by atoms with van der Waals surface area (Å²) < 4.78 is 13.1. The van der Waals surface area contributed by atoms with Gasteiger partial charge in [0, 0.05) is 25.2 Å². The summed E-state index contributed by atoms with van der Waals surface area (Å²) in [6.45, 7) is 3.29. The van der Waals surface area contributed by atoms with Crippen LogP contribution >= 0.6 is 11.6 Å². The topological polar surface area (TPSA) is 70.2 Å². The van der Waals surface area contributed by atoms with Gasteiger partial charge in [-0.05, 0) is 55.7 Å². The largest absolute Gasteiger partial charge is 0.349 e. The monoisotopic (exact) mass is 453 g/mol. The van der Waals surface area contributed by atoms with E-state index in [0.717, 1.165) is 11.3 Å². The third-order valence-corrected chi connectivity index (χ3v) is 5.99. The van der Waals surface area contributed by atoms with E-state index in [1.807, 2.05) is 31.2 Å². The lowest BCUT2D eigenvalue weighted by Gasteiger charge is -2.32. The van der Waals surface area contributed by atoms with Gasteiger partial charge in [0.25, 0.3) is 0 Å². The number of para-hydroxylation sites is 1. The van der Waals surface area contributed by atoms with Crippen LogP contribution in [0.5, 0.6) is 0 Å². The fourth-order valence-electron chi connectivity index (χ4n) is 3.78. The van der Waals surface area contributed by atoms with Crippen molar-refractivity contribution in [1.82, 2.24) is 15.3 Å². The van der Waals surface area contributed by atoms with E-state index in [1.165, 1.54) is 12.1 Å². The lowest BCUT2D eigenvalue weighted by atomic mass is 9.95. The Labute approximate surface area is 191 Å². The summed E-state index contributed by atoms with van der Waals surface area (Å²) in [4.78, 5) is 23.8. The number of nitrogens with zero attached hydrogens (tertiary/aromatic N) is 3. The molecular formula is C24H25ClFN5O. The first-order valence-corrected chi connectivity index (χ1v) is 11.0. The van der Waals surface area contributed by atoms with Gasteiger partial charge >= 0.3 is 0 Å². The number of carbonyl (C=O) groups is 1. The molecule has 1 saturated heterocycles. The molecule has 1 amide bonds. The summed E-state index contributed by atoms with van der Waals surface area (Å²) in [6, 6.07) is 15.3. The maximum absolute atomic E-state index is 13.1. The highest BCUT2D eigenvalue weighted by atomic mass is 35.5. The van der Waals surface area contributed by atoms with Crippen molar-refractivity contribution in [3.8, 4) is 0 Å². The van der Waals surface area contributed by atoms with Gasteiger partial charge in [-0.1, -0.05) is 35.9 Å². The summed E-state index contributed by atoms with van der Waals surface area (Å²) >= 11 is 6.22. The minimum atomic E-state index is -0.284. The Bertz CT molecular complexity index is 1070. The molecule has 0 aliphatic carbocycles. The average Bonchev–Trinajstić information content (AvgIpc) is 2.81. The molecule has 4 rings (SSSR count). The molecule has 1 aliphatic rings. The lowest BCUT2D eigenvalue weighted by Crippen LogP contribution is -2.41. The van der Waals surface area contributed by atoms with Crippen LogP contribution in [0.1, 0.15) is 31.4 Å². The molecule has 2 N–H and O–H groups in total. The molecule has 0 saturated carbocycles. The number of aromatic nitrogens is 2. The zero-order valence-electron chi connectivity index (χ0n) is 17.8. The molecule has 1 aromatic heterocycles. The normalized spacial score (nSPS) is 15.3. The maximum atomic E-state index is 13.1. The minimum Gasteiger partial charge on any atom is -0.349 e. The number of anilines is 3. The minimum absolute atomic E-state index is 0.0246. The number of rotatable bonds is 6. The van der Waals surface area contributed by atoms with Crippen LogP contribution in [0, 0.1) is 11.7 Å². The van der Waals surface area contributed by atoms with E-state index in [9.17, 15) is 9.18 Å². The van der Waals surface area contributed by atoms with Crippen molar-refractivity contribution in [3.63, 3.8) is 0 Å². The Morgan fingerprint density at radius 2 is 1.84 bits per heavy atom. The molecule has 2 heterocycles. The summed E-state index contributed by atoms with van der Waals surface area (Å²) in [5.41, 5.74) is 1.66. The first-order chi connectivity index (χ1) is 15.5. The molecule has 3 aromatic rings. The highest BCUT2D eigenvalue weighted by Crippen LogP contribution is 2.26. The van der Waals surface area contributed by atoms with E-state index in [0.29, 0.717) is 42.7 Å². The van der Waals surface area contributed by atoms with Crippen molar-refractivity contribution in [2.75, 3.05) is 23.3 Å². The van der Waals surface area contributed by atoms with Gasteiger partial charge in [-0.2, -0.15) is 4.98 Å². The first-order valence-electron chi connectivity index (χ1n) is 10.6. The molecule has 0 radical (unpaired) electrons. The molecule has 8 heteroatoms. The molecule has 1 unspecified atom stereocenters. The van der Waals surface area contributed by atoms with Crippen molar-refractivity contribution in [1.29, 1.82) is 0 Å². The standard InChI is InChI=1S/C24H25ClFN5O/c1-16(17-6-8-19(26)9-7-17)28-23(32)18-11-14-31(15-12-18)24-27-13-10-22(30-24)29-21-5-3-2-4-20(21)25/h2-10,13,16,18H,11-12,14-15H2,1H3,(H,28,32)(H,27,29,30). The predicted molar refractivity (Wildman–Crippen MR) is 125 cm³/mol. The van der Waals surface area contributed by atoms with E-state index in [-0.39, 0.29) is 23.7 Å². The quantitative estimate of drug-likeness (QED) is 0.543. The van der Waals surface area contributed by atoms with Gasteiger partial charge in [0.2, 0.25) is 11.9 Å². The number of amides is 1. The molecular weight excluding hydrogens is 429 g/mol. The number of halogens is 2. The van der Waals surface area contributed by atoms with E-state index in [4.69, 9.17) is 11.6 Å². The fraction of sp³-hybridized carbons (Fsp3) is 0.292. The van der Waals surface area contributed by atoms with Gasteiger partial charge < -0.3 is 15.5 Å². The molecule has 32 heavy (non-hydrogen) atoms. The van der Waals surface area contributed by atoms with Gasteiger partial charge in [-0.3, -0.25) is 4.79 Å². The van der Waals surface area contributed by atoms with E-state index in [2.05, 4.69) is 25.5 Å². The molecule has 166 valence electrons. The van der Waals surface area contributed by atoms with Crippen molar-refractivity contribution in [3.05, 3.63) is 77.2 Å². The molecule has 1 atom stereocenters. The van der Waals surface area contributed by atoms with Crippen LogP contribution in [0.3, 0.4) is 0 Å². The van der Waals surface area contributed by atoms with Crippen LogP contribution in [0.15, 0.2) is 60.8 Å². The van der Waals surface area contributed by atoms with Gasteiger partial charge in [0.05, 0.1) is 16.8 Å². The number of carbonyl (C=O) groups excluding carboxylic acids is 1. The van der Waals surface area contributed by atoms with E-state index < -0.39 is 0 Å². The summed E-state index contributed by atoms with van der Waals surface area (Å²) in [5, 5.41) is 6.89. The Balaban J connectivity index is 1.33. The zero-order chi connectivity index (χ0) is 22.5. The second-order valence-corrected chi connectivity index (χ2v) is 8.30. The van der Waals surface area contributed by atoms with Crippen LogP contribution in [-0.2, 0) is 4.79 Å². The van der Waals surface area contributed by atoms with Gasteiger partial charge in [0.1, 0.15) is 11.6 Å². The smallest absolute Gasteiger partial charge is 0.227 e. The summed E-state index contributed by atoms with van der Waals surface area (Å²) in [7, 11) is 0. The molecule has 0 bridgehead atoms.